The predicted molar refractivity (Wildman–Crippen MR) is 39.6 cm³/mol. The second-order valence-electron chi connectivity index (χ2n) is 3.39. The topological polar surface area (TPSA) is 17.1 Å². The Labute approximate surface area is 61.1 Å². The number of fused-ring (bicyclic) bond motifs is 1. The van der Waals surface area contributed by atoms with Gasteiger partial charge in [-0.2, -0.15) is 0 Å². The van der Waals surface area contributed by atoms with Crippen molar-refractivity contribution in [2.75, 3.05) is 0 Å². The van der Waals surface area contributed by atoms with Crippen molar-refractivity contribution >= 4 is 6.29 Å². The first-order chi connectivity index (χ1) is 4.90. The van der Waals surface area contributed by atoms with Crippen LogP contribution in [0, 0.1) is 11.8 Å². The average molecular weight is 136 g/mol. The lowest BCUT2D eigenvalue weighted by atomic mass is 10.0. The molecule has 2 rings (SSSR count). The maximum atomic E-state index is 10.4. The van der Waals surface area contributed by atoms with Crippen LogP contribution in [0.3, 0.4) is 0 Å². The molecule has 0 heterocycles. The molecule has 1 heteroatoms. The molecule has 0 aliphatic heterocycles. The summed E-state index contributed by atoms with van der Waals surface area (Å²) in [7, 11) is 0. The molecular formula is C9H12O. The molecule has 0 aromatic heterocycles. The minimum atomic E-state index is 0.358. The summed E-state index contributed by atoms with van der Waals surface area (Å²) in [4.78, 5) is 10.4. The lowest BCUT2D eigenvalue weighted by Gasteiger charge is -2.00. The summed E-state index contributed by atoms with van der Waals surface area (Å²) in [5, 5.41) is 0. The van der Waals surface area contributed by atoms with E-state index < -0.39 is 0 Å². The van der Waals surface area contributed by atoms with Crippen molar-refractivity contribution in [2.45, 2.75) is 25.7 Å². The summed E-state index contributed by atoms with van der Waals surface area (Å²) in [6.45, 7) is 0. The molecule has 0 saturated heterocycles. The summed E-state index contributed by atoms with van der Waals surface area (Å²) in [6.07, 6.45) is 8.21. The molecule has 1 fully saturated rings. The van der Waals surface area contributed by atoms with Gasteiger partial charge < -0.3 is 4.79 Å². The predicted octanol–water partition coefficient (Wildman–Crippen LogP) is 1.93. The molecular weight excluding hydrogens is 124 g/mol. The van der Waals surface area contributed by atoms with E-state index in [4.69, 9.17) is 0 Å². The Morgan fingerprint density at radius 3 is 3.20 bits per heavy atom. The van der Waals surface area contributed by atoms with Crippen molar-refractivity contribution in [3.05, 3.63) is 11.6 Å². The van der Waals surface area contributed by atoms with Crippen molar-refractivity contribution in [1.82, 2.24) is 0 Å². The quantitative estimate of drug-likeness (QED) is 0.397. The first-order valence-corrected chi connectivity index (χ1v) is 4.04. The Balaban J connectivity index is 2.11. The number of hydrogen-bond acceptors (Lipinski definition) is 1. The van der Waals surface area contributed by atoms with E-state index in [0.717, 1.165) is 25.0 Å². The van der Waals surface area contributed by atoms with E-state index >= 15 is 0 Å². The van der Waals surface area contributed by atoms with Crippen LogP contribution in [0.4, 0.5) is 0 Å². The molecule has 10 heavy (non-hydrogen) atoms. The Hall–Kier alpha value is -0.590. The van der Waals surface area contributed by atoms with Crippen molar-refractivity contribution in [2.24, 2.45) is 11.8 Å². The molecule has 2 aliphatic rings. The summed E-state index contributed by atoms with van der Waals surface area (Å²) in [6, 6.07) is 0. The number of hydrogen-bond donors (Lipinski definition) is 0. The van der Waals surface area contributed by atoms with Crippen LogP contribution in [0.25, 0.3) is 0 Å². The highest BCUT2D eigenvalue weighted by molar-refractivity contribution is 5.56. The van der Waals surface area contributed by atoms with Crippen molar-refractivity contribution < 1.29 is 4.79 Å². The van der Waals surface area contributed by atoms with Gasteiger partial charge in [0.1, 0.15) is 6.29 Å². The summed E-state index contributed by atoms with van der Waals surface area (Å²) < 4.78 is 0. The Morgan fingerprint density at radius 2 is 2.50 bits per heavy atom. The van der Waals surface area contributed by atoms with Gasteiger partial charge in [0.05, 0.1) is 0 Å². The zero-order valence-electron chi connectivity index (χ0n) is 6.05. The summed E-state index contributed by atoms with van der Waals surface area (Å²) >= 11 is 0. The fourth-order valence-corrected chi connectivity index (χ4v) is 2.20. The molecule has 0 aromatic rings. The number of allylic oxidation sites excluding steroid dienone is 2. The third-order valence-corrected chi connectivity index (χ3v) is 2.72. The molecule has 2 unspecified atom stereocenters. The van der Waals surface area contributed by atoms with Gasteiger partial charge in [0.25, 0.3) is 0 Å². The maximum absolute atomic E-state index is 10.4. The number of carbonyl (C=O) groups is 1. The zero-order valence-corrected chi connectivity index (χ0v) is 6.05. The lowest BCUT2D eigenvalue weighted by Crippen LogP contribution is -1.95. The van der Waals surface area contributed by atoms with Crippen LogP contribution in [-0.4, -0.2) is 6.29 Å². The van der Waals surface area contributed by atoms with E-state index in [2.05, 4.69) is 6.08 Å². The van der Waals surface area contributed by atoms with Crippen molar-refractivity contribution in [3.8, 4) is 0 Å². The first-order valence-electron chi connectivity index (χ1n) is 4.04. The largest absolute Gasteiger partial charge is 0.303 e. The third-order valence-electron chi connectivity index (χ3n) is 2.72. The molecule has 2 aliphatic carbocycles. The zero-order chi connectivity index (χ0) is 6.97. The van der Waals surface area contributed by atoms with Crippen LogP contribution < -0.4 is 0 Å². The minimum Gasteiger partial charge on any atom is -0.303 e. The van der Waals surface area contributed by atoms with Crippen molar-refractivity contribution in [3.63, 3.8) is 0 Å². The molecule has 2 atom stereocenters. The van der Waals surface area contributed by atoms with Crippen LogP contribution in [0.1, 0.15) is 25.7 Å². The number of carbonyl (C=O) groups excluding carboxylic acids is 1. The molecule has 1 nitrogen and oxygen atoms in total. The van der Waals surface area contributed by atoms with Gasteiger partial charge in [-0.3, -0.25) is 0 Å². The van der Waals surface area contributed by atoms with Crippen LogP contribution >= 0.6 is 0 Å². The second kappa shape index (κ2) is 2.22. The highest BCUT2D eigenvalue weighted by Gasteiger charge is 2.30. The average Bonchev–Trinajstić information content (AvgIpc) is 2.42. The second-order valence-corrected chi connectivity index (χ2v) is 3.39. The first kappa shape index (κ1) is 6.14. The third kappa shape index (κ3) is 0.808. The fraction of sp³-hybridized carbons (Fsp3) is 0.667. The summed E-state index contributed by atoms with van der Waals surface area (Å²) in [5.41, 5.74) is 1.57. The lowest BCUT2D eigenvalue weighted by molar-refractivity contribution is -0.110. The molecule has 0 aromatic carbocycles. The van der Waals surface area contributed by atoms with Gasteiger partial charge >= 0.3 is 0 Å². The smallest absolute Gasteiger partial charge is 0.123 e. The standard InChI is InChI=1S/C9H12O/c10-6-7-4-8-2-1-3-9(8)5-7/h2,6-7,9H,1,3-5H2. The van der Waals surface area contributed by atoms with Gasteiger partial charge in [0.15, 0.2) is 0 Å². The molecule has 0 amide bonds. The van der Waals surface area contributed by atoms with Gasteiger partial charge in [0, 0.05) is 5.92 Å². The van der Waals surface area contributed by atoms with Gasteiger partial charge in [-0.1, -0.05) is 11.6 Å². The Morgan fingerprint density at radius 1 is 1.60 bits per heavy atom. The van der Waals surface area contributed by atoms with Crippen molar-refractivity contribution in [1.29, 1.82) is 0 Å². The highest BCUT2D eigenvalue weighted by atomic mass is 16.1. The SMILES string of the molecule is O=CC1CC2=CCCC2C1. The van der Waals surface area contributed by atoms with Gasteiger partial charge in [-0.15, -0.1) is 0 Å². The van der Waals surface area contributed by atoms with Crippen LogP contribution in [0.2, 0.25) is 0 Å². The molecule has 1 saturated carbocycles. The van der Waals surface area contributed by atoms with E-state index in [0.29, 0.717) is 5.92 Å². The highest BCUT2D eigenvalue weighted by Crippen LogP contribution is 2.41. The normalized spacial score (nSPS) is 37.4. The van der Waals surface area contributed by atoms with Crippen LogP contribution in [0.15, 0.2) is 11.6 Å². The Kier molecular flexibility index (Phi) is 1.37. The number of rotatable bonds is 1. The maximum Gasteiger partial charge on any atom is 0.123 e. The minimum absolute atomic E-state index is 0.358. The molecule has 0 spiro atoms. The van der Waals surface area contributed by atoms with E-state index in [1.165, 1.54) is 12.8 Å². The van der Waals surface area contributed by atoms with Crippen LogP contribution in [-0.2, 0) is 4.79 Å². The van der Waals surface area contributed by atoms with E-state index in [1.54, 1.807) is 5.57 Å². The summed E-state index contributed by atoms with van der Waals surface area (Å²) in [5.74, 6) is 1.15. The fourth-order valence-electron chi connectivity index (χ4n) is 2.20. The van der Waals surface area contributed by atoms with Gasteiger partial charge in [-0.05, 0) is 31.6 Å². The molecule has 0 radical (unpaired) electrons. The van der Waals surface area contributed by atoms with Gasteiger partial charge in [-0.25, -0.2) is 0 Å². The monoisotopic (exact) mass is 136 g/mol. The molecule has 0 bridgehead atoms. The Bertz CT molecular complexity index is 181. The van der Waals surface area contributed by atoms with Crippen LogP contribution in [0.5, 0.6) is 0 Å². The van der Waals surface area contributed by atoms with E-state index in [-0.39, 0.29) is 0 Å². The number of aldehydes is 1. The van der Waals surface area contributed by atoms with Gasteiger partial charge in [0.2, 0.25) is 0 Å². The van der Waals surface area contributed by atoms with E-state index in [1.807, 2.05) is 0 Å². The molecule has 0 N–H and O–H groups in total. The molecule has 54 valence electrons. The van der Waals surface area contributed by atoms with E-state index in [9.17, 15) is 4.79 Å².